The van der Waals surface area contributed by atoms with Crippen LogP contribution < -0.4 is 0 Å². The summed E-state index contributed by atoms with van der Waals surface area (Å²) in [7, 11) is -9.91. The van der Waals surface area contributed by atoms with Gasteiger partial charge in [0.2, 0.25) is 0 Å². The maximum Gasteiger partial charge on any atom is 0.472 e. The van der Waals surface area contributed by atoms with Gasteiger partial charge in [-0.05, 0) is 49.4 Å². The number of phosphoric ester groups is 2. The minimum atomic E-state index is -4.96. The number of phosphoric acid groups is 2. The van der Waals surface area contributed by atoms with E-state index in [0.29, 0.717) is 25.7 Å². The highest BCUT2D eigenvalue weighted by atomic mass is 31.2. The summed E-state index contributed by atoms with van der Waals surface area (Å²) in [6, 6.07) is 0. The van der Waals surface area contributed by atoms with Crippen LogP contribution in [0.25, 0.3) is 0 Å². The van der Waals surface area contributed by atoms with Crippen LogP contribution in [-0.2, 0) is 65.4 Å². The van der Waals surface area contributed by atoms with Crippen molar-refractivity contribution in [1.29, 1.82) is 0 Å². The maximum absolute atomic E-state index is 13.1. The lowest BCUT2D eigenvalue weighted by atomic mass is 10.00. The van der Waals surface area contributed by atoms with E-state index in [4.69, 9.17) is 37.0 Å². The number of ether oxygens (including phenoxy) is 4. The van der Waals surface area contributed by atoms with Crippen molar-refractivity contribution in [2.45, 2.75) is 401 Å². The van der Waals surface area contributed by atoms with Gasteiger partial charge in [-0.2, -0.15) is 0 Å². The van der Waals surface area contributed by atoms with Crippen LogP contribution in [-0.4, -0.2) is 96.7 Å². The molecule has 0 bridgehead atoms. The first-order chi connectivity index (χ1) is 45.7. The molecule has 95 heavy (non-hydrogen) atoms. The molecule has 0 spiro atoms. The van der Waals surface area contributed by atoms with E-state index in [1.54, 1.807) is 0 Å². The molecule has 19 heteroatoms. The average molecular weight is 1400 g/mol. The number of rotatable bonds is 73. The Morgan fingerprint density at radius 3 is 0.747 bits per heavy atom. The summed E-state index contributed by atoms with van der Waals surface area (Å²) in [4.78, 5) is 72.8. The molecule has 0 aromatic heterocycles. The molecule has 0 aromatic rings. The number of aliphatic hydroxyl groups excluding tert-OH is 1. The maximum atomic E-state index is 13.1. The molecule has 564 valence electrons. The van der Waals surface area contributed by atoms with Crippen LogP contribution in [0, 0.1) is 23.7 Å². The van der Waals surface area contributed by atoms with E-state index < -0.39 is 97.5 Å². The fraction of sp³-hybridized carbons (Fsp3) is 0.947. The lowest BCUT2D eigenvalue weighted by molar-refractivity contribution is -0.161. The summed E-state index contributed by atoms with van der Waals surface area (Å²) >= 11 is 0. The lowest BCUT2D eigenvalue weighted by Crippen LogP contribution is -2.30. The summed E-state index contributed by atoms with van der Waals surface area (Å²) in [6.07, 6.45) is 50.0. The van der Waals surface area contributed by atoms with Crippen LogP contribution in [0.4, 0.5) is 0 Å². The minimum absolute atomic E-state index is 0.106. The SMILES string of the molecule is CCC(C)CCCCCCCCC(=O)OC[C@H](COP(=O)(O)OC[C@@H](O)COP(=O)(O)OC[C@@H](COC(=O)CCCCCCCCC(C)CC)OC(=O)CCCCCCCCCCCCCCCC(C)C)OC(=O)CCCCCCCCCCCCCCCCCCC(C)C. The minimum Gasteiger partial charge on any atom is -0.462 e. The first-order valence-electron chi connectivity index (χ1n) is 39.3. The molecule has 0 rings (SSSR count). The van der Waals surface area contributed by atoms with Crippen LogP contribution in [0.2, 0.25) is 0 Å². The van der Waals surface area contributed by atoms with Gasteiger partial charge in [0, 0.05) is 25.7 Å². The molecule has 4 unspecified atom stereocenters. The molecule has 0 saturated carbocycles. The normalized spacial score (nSPS) is 14.7. The van der Waals surface area contributed by atoms with Crippen molar-refractivity contribution in [2.24, 2.45) is 23.7 Å². The molecule has 0 fully saturated rings. The van der Waals surface area contributed by atoms with E-state index in [-0.39, 0.29) is 25.7 Å². The van der Waals surface area contributed by atoms with Gasteiger partial charge >= 0.3 is 39.5 Å². The molecule has 0 aromatic carbocycles. The molecule has 3 N–H and O–H groups in total. The molecule has 0 aliphatic heterocycles. The smallest absolute Gasteiger partial charge is 0.462 e. The Morgan fingerprint density at radius 2 is 0.505 bits per heavy atom. The monoisotopic (exact) mass is 1400 g/mol. The highest BCUT2D eigenvalue weighted by molar-refractivity contribution is 7.47. The third kappa shape index (κ3) is 67.6. The summed E-state index contributed by atoms with van der Waals surface area (Å²) in [6.45, 7) is 14.2. The number of unbranched alkanes of at least 4 members (excludes halogenated alkanes) is 37. The largest absolute Gasteiger partial charge is 0.472 e. The molecule has 0 radical (unpaired) electrons. The van der Waals surface area contributed by atoms with E-state index in [0.717, 1.165) is 126 Å². The zero-order chi connectivity index (χ0) is 70.3. The zero-order valence-electron chi connectivity index (χ0n) is 62.3. The Labute approximate surface area is 581 Å². The van der Waals surface area contributed by atoms with Crippen LogP contribution >= 0.6 is 15.6 Å². The van der Waals surface area contributed by atoms with Crippen molar-refractivity contribution >= 4 is 39.5 Å². The van der Waals surface area contributed by atoms with E-state index in [9.17, 15) is 43.2 Å². The molecule has 0 aliphatic rings. The highest BCUT2D eigenvalue weighted by Gasteiger charge is 2.30. The molecule has 0 heterocycles. The summed E-state index contributed by atoms with van der Waals surface area (Å²) < 4.78 is 68.5. The molecule has 17 nitrogen and oxygen atoms in total. The van der Waals surface area contributed by atoms with Gasteiger partial charge in [0.25, 0.3) is 0 Å². The number of hydrogen-bond acceptors (Lipinski definition) is 15. The third-order valence-electron chi connectivity index (χ3n) is 18.3. The van der Waals surface area contributed by atoms with Gasteiger partial charge in [-0.1, -0.05) is 331 Å². The predicted molar refractivity (Wildman–Crippen MR) is 386 cm³/mol. The van der Waals surface area contributed by atoms with Crippen molar-refractivity contribution in [3.63, 3.8) is 0 Å². The van der Waals surface area contributed by atoms with Gasteiger partial charge in [0.15, 0.2) is 12.2 Å². The third-order valence-corrected chi connectivity index (χ3v) is 20.2. The number of esters is 4. The van der Waals surface area contributed by atoms with Crippen LogP contribution in [0.3, 0.4) is 0 Å². The van der Waals surface area contributed by atoms with Crippen molar-refractivity contribution in [2.75, 3.05) is 39.6 Å². The van der Waals surface area contributed by atoms with Crippen molar-refractivity contribution in [3.05, 3.63) is 0 Å². The van der Waals surface area contributed by atoms with Gasteiger partial charge in [0.05, 0.1) is 26.4 Å². The summed E-state index contributed by atoms with van der Waals surface area (Å²) in [5, 5.41) is 10.6. The quantitative estimate of drug-likeness (QED) is 0.0222. The first-order valence-corrected chi connectivity index (χ1v) is 42.3. The topological polar surface area (TPSA) is 237 Å². The van der Waals surface area contributed by atoms with Crippen LogP contribution in [0.1, 0.15) is 383 Å². The second-order valence-electron chi connectivity index (χ2n) is 28.8. The van der Waals surface area contributed by atoms with Crippen molar-refractivity contribution < 1.29 is 80.2 Å². The summed E-state index contributed by atoms with van der Waals surface area (Å²) in [5.74, 6) is 0.934. The van der Waals surface area contributed by atoms with Gasteiger partial charge in [0.1, 0.15) is 19.3 Å². The standard InChI is InChI=1S/C76H148O17P2/c1-9-68(7)54-46-38-32-34-40-48-56-73(78)86-62-71(92-75(80)58-50-42-30-26-22-18-14-12-11-13-16-20-24-28-36-44-52-66(3)4)64-90-94(82,83)88-60-70(77)61-89-95(84,85)91-65-72(63-87-74(79)57-49-41-35-33-39-47-55-69(8)10-2)93-76(81)59-51-43-31-27-23-19-15-17-21-25-29-37-45-53-67(5)6/h66-72,77H,9-65H2,1-8H3,(H,82,83)(H,84,85)/t68?,69?,70-,71-,72-/m1/s1. The van der Waals surface area contributed by atoms with Crippen molar-refractivity contribution in [1.82, 2.24) is 0 Å². The Bertz CT molecular complexity index is 1870. The van der Waals surface area contributed by atoms with E-state index in [2.05, 4.69) is 55.4 Å². The fourth-order valence-corrected chi connectivity index (χ4v) is 13.1. The van der Waals surface area contributed by atoms with E-state index in [1.165, 1.54) is 173 Å². The summed E-state index contributed by atoms with van der Waals surface area (Å²) in [5.41, 5.74) is 0. The fourth-order valence-electron chi connectivity index (χ4n) is 11.5. The Morgan fingerprint density at radius 1 is 0.295 bits per heavy atom. The number of hydrogen-bond donors (Lipinski definition) is 3. The van der Waals surface area contributed by atoms with Gasteiger partial charge in [-0.3, -0.25) is 37.3 Å². The second-order valence-corrected chi connectivity index (χ2v) is 31.7. The Hall–Kier alpha value is -1.94. The average Bonchev–Trinajstić information content (AvgIpc) is 2.81. The second kappa shape index (κ2) is 65.4. The molecular weight excluding hydrogens is 1250 g/mol. The van der Waals surface area contributed by atoms with Gasteiger partial charge in [-0.15, -0.1) is 0 Å². The van der Waals surface area contributed by atoms with Crippen LogP contribution in [0.15, 0.2) is 0 Å². The number of carbonyl (C=O) groups excluding carboxylic acids is 4. The zero-order valence-corrected chi connectivity index (χ0v) is 64.1. The number of aliphatic hydroxyl groups is 1. The van der Waals surface area contributed by atoms with E-state index in [1.807, 2.05) is 0 Å². The molecule has 0 aliphatic carbocycles. The van der Waals surface area contributed by atoms with Crippen molar-refractivity contribution in [3.8, 4) is 0 Å². The lowest BCUT2D eigenvalue weighted by Gasteiger charge is -2.21. The van der Waals surface area contributed by atoms with Gasteiger partial charge in [-0.25, -0.2) is 9.13 Å². The molecule has 7 atom stereocenters. The molecule has 0 saturated heterocycles. The first kappa shape index (κ1) is 93.1. The Kier molecular flexibility index (Phi) is 64.0. The van der Waals surface area contributed by atoms with Crippen LogP contribution in [0.5, 0.6) is 0 Å². The van der Waals surface area contributed by atoms with E-state index >= 15 is 0 Å². The highest BCUT2D eigenvalue weighted by Crippen LogP contribution is 2.45. The predicted octanol–water partition coefficient (Wildman–Crippen LogP) is 22.0. The van der Waals surface area contributed by atoms with Gasteiger partial charge < -0.3 is 33.8 Å². The Balaban J connectivity index is 5.21. The number of carbonyl (C=O) groups is 4. The molecule has 0 amide bonds. The molecular formula is C76H148O17P2.